The van der Waals surface area contributed by atoms with Crippen molar-refractivity contribution < 1.29 is 14.0 Å². The van der Waals surface area contributed by atoms with E-state index >= 15 is 0 Å². The summed E-state index contributed by atoms with van der Waals surface area (Å²) in [4.78, 5) is 12.5. The highest BCUT2D eigenvalue weighted by Crippen LogP contribution is 2.49. The molecule has 3 aliphatic rings. The van der Waals surface area contributed by atoms with E-state index in [9.17, 15) is 4.39 Å². The fourth-order valence-electron chi connectivity index (χ4n) is 4.65. The number of halogens is 1. The van der Waals surface area contributed by atoms with E-state index in [1.807, 2.05) is 19.1 Å². The zero-order chi connectivity index (χ0) is 20.4. The van der Waals surface area contributed by atoms with Crippen molar-refractivity contribution in [2.75, 3.05) is 19.7 Å². The number of aryl methyl sites for hydroxylation is 1. The van der Waals surface area contributed by atoms with E-state index in [1.54, 1.807) is 0 Å². The van der Waals surface area contributed by atoms with Crippen molar-refractivity contribution in [1.82, 2.24) is 10.4 Å². The summed E-state index contributed by atoms with van der Waals surface area (Å²) in [7, 11) is 0. The molecule has 3 atom stereocenters. The largest absolute Gasteiger partial charge is 0.493 e. The van der Waals surface area contributed by atoms with Crippen LogP contribution < -0.4 is 10.2 Å². The van der Waals surface area contributed by atoms with Crippen molar-refractivity contribution in [3.8, 4) is 5.75 Å². The van der Waals surface area contributed by atoms with Crippen LogP contribution in [-0.2, 0) is 11.3 Å². The summed E-state index contributed by atoms with van der Waals surface area (Å²) in [5.41, 5.74) is 3.77. The summed E-state index contributed by atoms with van der Waals surface area (Å²) in [6.07, 6.45) is 5.58. The lowest BCUT2D eigenvalue weighted by atomic mass is 9.90. The lowest BCUT2D eigenvalue weighted by Crippen LogP contribution is -2.40. The molecule has 29 heavy (non-hydrogen) atoms. The normalized spacial score (nSPS) is 27.1. The Morgan fingerprint density at radius 3 is 2.76 bits per heavy atom. The van der Waals surface area contributed by atoms with Gasteiger partial charge in [-0.15, -0.1) is 5.48 Å². The van der Waals surface area contributed by atoms with Crippen LogP contribution in [-0.4, -0.2) is 36.8 Å². The van der Waals surface area contributed by atoms with Gasteiger partial charge in [0.15, 0.2) is 0 Å². The molecule has 5 nitrogen and oxygen atoms in total. The molecule has 3 unspecified atom stereocenters. The molecule has 2 fully saturated rings. The third-order valence-electron chi connectivity index (χ3n) is 6.71. The number of nitrogens with one attached hydrogen (secondary N) is 1. The first kappa shape index (κ1) is 20.5. The van der Waals surface area contributed by atoms with Gasteiger partial charge in [-0.25, -0.2) is 9.38 Å². The Hall–Kier alpha value is -1.82. The van der Waals surface area contributed by atoms with E-state index in [0.29, 0.717) is 24.7 Å². The third kappa shape index (κ3) is 4.85. The molecule has 0 spiro atoms. The predicted octanol–water partition coefficient (Wildman–Crippen LogP) is 4.38. The summed E-state index contributed by atoms with van der Waals surface area (Å²) in [5.74, 6) is 3.31. The number of hydrogen-bond donors (Lipinski definition) is 1. The molecule has 0 aromatic heterocycles. The number of aliphatic imine (C=N–C) groups is 1. The summed E-state index contributed by atoms with van der Waals surface area (Å²) in [6.45, 7) is 8.99. The van der Waals surface area contributed by atoms with E-state index in [0.717, 1.165) is 48.8 Å². The van der Waals surface area contributed by atoms with Crippen molar-refractivity contribution in [3.05, 3.63) is 29.6 Å². The van der Waals surface area contributed by atoms with Crippen LogP contribution >= 0.6 is 0 Å². The molecule has 160 valence electrons. The van der Waals surface area contributed by atoms with Gasteiger partial charge < -0.3 is 14.5 Å². The van der Waals surface area contributed by atoms with Gasteiger partial charge in [0.1, 0.15) is 17.7 Å². The Kier molecular flexibility index (Phi) is 6.28. The maximum absolute atomic E-state index is 13.9. The number of benzene rings is 1. The quantitative estimate of drug-likeness (QED) is 0.734. The summed E-state index contributed by atoms with van der Waals surface area (Å²) >= 11 is 0. The molecule has 6 heteroatoms. The molecule has 1 aromatic rings. The molecule has 4 rings (SSSR count). The topological polar surface area (TPSA) is 46.1 Å². The van der Waals surface area contributed by atoms with Crippen LogP contribution in [0.2, 0.25) is 0 Å². The Labute approximate surface area is 173 Å². The Morgan fingerprint density at radius 2 is 2.10 bits per heavy atom. The van der Waals surface area contributed by atoms with Crippen LogP contribution in [0.5, 0.6) is 5.75 Å². The number of piperidine rings is 1. The average molecular weight is 404 g/mol. The minimum absolute atomic E-state index is 0.0715. The summed E-state index contributed by atoms with van der Waals surface area (Å²) in [5, 5.41) is 0. The molecule has 1 N–H and O–H groups in total. The van der Waals surface area contributed by atoms with Crippen molar-refractivity contribution in [1.29, 1.82) is 0 Å². The molecule has 1 saturated carbocycles. The second kappa shape index (κ2) is 8.90. The van der Waals surface area contributed by atoms with E-state index in [-0.39, 0.29) is 12.0 Å². The third-order valence-corrected chi connectivity index (χ3v) is 6.71. The number of likely N-dealkylation sites (tertiary alicyclic amines) is 1. The molecule has 0 radical (unpaired) electrons. The second-order valence-corrected chi connectivity index (χ2v) is 9.05. The van der Waals surface area contributed by atoms with E-state index < -0.39 is 0 Å². The number of amidine groups is 1. The molecule has 2 heterocycles. The summed E-state index contributed by atoms with van der Waals surface area (Å²) < 4.78 is 19.7. The minimum atomic E-state index is -0.160. The minimum Gasteiger partial charge on any atom is -0.493 e. The standard InChI is InChI=1S/C23H34FN3O2/c1-4-16-5-6-19(14-21(16)24)28-12-9-18-13-20(18)17-7-10-27(11-8-17)23-25-22(15(2)3)26-29-23/h5-6,14-15,17-18,20,22,26H,4,7-13H2,1-3H3. The van der Waals surface area contributed by atoms with Gasteiger partial charge in [0.05, 0.1) is 6.61 Å². The smallest absolute Gasteiger partial charge is 0.309 e. The summed E-state index contributed by atoms with van der Waals surface area (Å²) in [6, 6.07) is 6.00. The number of hydrogen-bond acceptors (Lipinski definition) is 5. The van der Waals surface area contributed by atoms with Crippen molar-refractivity contribution in [2.45, 2.75) is 59.0 Å². The van der Waals surface area contributed by atoms with Crippen molar-refractivity contribution in [2.24, 2.45) is 28.7 Å². The Morgan fingerprint density at radius 1 is 1.31 bits per heavy atom. The average Bonchev–Trinajstić information content (AvgIpc) is 3.31. The highest BCUT2D eigenvalue weighted by molar-refractivity contribution is 5.75. The number of hydroxylamine groups is 1. The van der Waals surface area contributed by atoms with Crippen molar-refractivity contribution >= 4 is 6.02 Å². The van der Waals surface area contributed by atoms with Gasteiger partial charge in [-0.3, -0.25) is 0 Å². The van der Waals surface area contributed by atoms with Crippen LogP contribution in [0.4, 0.5) is 4.39 Å². The molecule has 1 aliphatic carbocycles. The van der Waals surface area contributed by atoms with Crippen molar-refractivity contribution in [3.63, 3.8) is 0 Å². The maximum atomic E-state index is 13.9. The highest BCUT2D eigenvalue weighted by atomic mass is 19.1. The van der Waals surface area contributed by atoms with E-state index in [4.69, 9.17) is 9.57 Å². The second-order valence-electron chi connectivity index (χ2n) is 9.05. The SMILES string of the molecule is CCc1ccc(OCCC2CC2C2CCN(C3=NC(C(C)C)NO3)CC2)cc1F. The van der Waals surface area contributed by atoms with Gasteiger partial charge in [0, 0.05) is 19.2 Å². The molecule has 1 aromatic carbocycles. The fourth-order valence-corrected chi connectivity index (χ4v) is 4.65. The van der Waals surface area contributed by atoms with Crippen LogP contribution in [0, 0.1) is 29.5 Å². The molecular formula is C23H34FN3O2. The van der Waals surface area contributed by atoms with Crippen LogP contribution in [0.15, 0.2) is 23.2 Å². The van der Waals surface area contributed by atoms with Crippen LogP contribution in [0.1, 0.15) is 52.0 Å². The first-order valence-electron chi connectivity index (χ1n) is 11.2. The monoisotopic (exact) mass is 403 g/mol. The number of ether oxygens (including phenoxy) is 1. The molecule has 2 aliphatic heterocycles. The lowest BCUT2D eigenvalue weighted by Gasteiger charge is -2.32. The Balaban J connectivity index is 1.16. The highest BCUT2D eigenvalue weighted by Gasteiger charge is 2.43. The molecule has 0 bridgehead atoms. The zero-order valence-corrected chi connectivity index (χ0v) is 17.9. The fraction of sp³-hybridized carbons (Fsp3) is 0.696. The predicted molar refractivity (Wildman–Crippen MR) is 112 cm³/mol. The number of nitrogens with zero attached hydrogens (tertiary/aromatic N) is 2. The van der Waals surface area contributed by atoms with Gasteiger partial charge in [0.25, 0.3) is 0 Å². The van der Waals surface area contributed by atoms with Gasteiger partial charge in [0.2, 0.25) is 0 Å². The van der Waals surface area contributed by atoms with Crippen LogP contribution in [0.3, 0.4) is 0 Å². The lowest BCUT2D eigenvalue weighted by molar-refractivity contribution is 0.119. The first-order valence-corrected chi connectivity index (χ1v) is 11.2. The molecule has 0 amide bonds. The zero-order valence-electron chi connectivity index (χ0n) is 17.9. The maximum Gasteiger partial charge on any atom is 0.309 e. The van der Waals surface area contributed by atoms with E-state index in [1.165, 1.54) is 25.3 Å². The molecular weight excluding hydrogens is 369 g/mol. The van der Waals surface area contributed by atoms with Gasteiger partial charge in [-0.1, -0.05) is 26.8 Å². The molecule has 1 saturated heterocycles. The van der Waals surface area contributed by atoms with Gasteiger partial charge in [-0.2, -0.15) is 0 Å². The Bertz CT molecular complexity index is 731. The van der Waals surface area contributed by atoms with Gasteiger partial charge in [-0.05, 0) is 67.4 Å². The van der Waals surface area contributed by atoms with Crippen LogP contribution in [0.25, 0.3) is 0 Å². The number of rotatable bonds is 7. The van der Waals surface area contributed by atoms with E-state index in [2.05, 4.69) is 29.2 Å². The first-order chi connectivity index (χ1) is 14.0. The van der Waals surface area contributed by atoms with Gasteiger partial charge >= 0.3 is 6.02 Å².